The number of sulfone groups is 1. The maximum absolute atomic E-state index is 12.4. The summed E-state index contributed by atoms with van der Waals surface area (Å²) in [5, 5.41) is 2.22. The van der Waals surface area contributed by atoms with Crippen LogP contribution in [0.5, 0.6) is 0 Å². The second-order valence-electron chi connectivity index (χ2n) is 8.03. The molecule has 3 rings (SSSR count). The quantitative estimate of drug-likeness (QED) is 0.645. The van der Waals surface area contributed by atoms with Crippen LogP contribution in [0.3, 0.4) is 0 Å². The summed E-state index contributed by atoms with van der Waals surface area (Å²) in [6.07, 6.45) is 0.597. The number of carbonyl (C=O) groups excluding carboxylic acids is 1. The first-order chi connectivity index (χ1) is 14.4. The van der Waals surface area contributed by atoms with Crippen molar-refractivity contribution in [3.63, 3.8) is 0 Å². The average Bonchev–Trinajstić information content (AvgIpc) is 3.09. The number of hydrogen-bond acceptors (Lipinski definition) is 7. The van der Waals surface area contributed by atoms with Crippen LogP contribution in [0.2, 0.25) is 0 Å². The molecule has 0 fully saturated rings. The van der Waals surface area contributed by atoms with Crippen LogP contribution < -0.4 is 5.32 Å². The summed E-state index contributed by atoms with van der Waals surface area (Å²) in [7, 11) is -6.68. The zero-order valence-electron chi connectivity index (χ0n) is 18.0. The molecule has 8 nitrogen and oxygen atoms in total. The highest BCUT2D eigenvalue weighted by atomic mass is 32.2. The maximum atomic E-state index is 12.4. The normalized spacial score (nSPS) is 15.3. The van der Waals surface area contributed by atoms with E-state index in [2.05, 4.69) is 10.3 Å². The molecule has 1 amide bonds. The average molecular weight is 486 g/mol. The van der Waals surface area contributed by atoms with Gasteiger partial charge in [-0.2, -0.15) is 4.31 Å². The molecule has 2 heterocycles. The Morgan fingerprint density at radius 2 is 1.74 bits per heavy atom. The molecule has 0 bridgehead atoms. The van der Waals surface area contributed by atoms with Gasteiger partial charge in [-0.25, -0.2) is 21.8 Å². The highest BCUT2D eigenvalue weighted by Crippen LogP contribution is 2.30. The third kappa shape index (κ3) is 5.16. The lowest BCUT2D eigenvalue weighted by Gasteiger charge is -2.26. The number of thiazole rings is 1. The number of amides is 1. The lowest BCUT2D eigenvalue weighted by Crippen LogP contribution is -2.39. The molecule has 0 atom stereocenters. The Hall–Kier alpha value is -1.82. The summed E-state index contributed by atoms with van der Waals surface area (Å²) >= 11 is 1.29. The van der Waals surface area contributed by atoms with Crippen LogP contribution >= 0.6 is 11.3 Å². The van der Waals surface area contributed by atoms with E-state index in [1.165, 1.54) is 27.8 Å². The smallest absolute Gasteiger partial charge is 0.230 e. The van der Waals surface area contributed by atoms with Crippen molar-refractivity contribution < 1.29 is 21.6 Å². The van der Waals surface area contributed by atoms with Crippen molar-refractivity contribution in [2.45, 2.75) is 62.5 Å². The highest BCUT2D eigenvalue weighted by molar-refractivity contribution is 7.92. The van der Waals surface area contributed by atoms with E-state index in [0.29, 0.717) is 23.7 Å². The standard InChI is InChI=1S/C20H27N3O5S3/c1-13(2)30(25,26)16-7-5-15(6-8-16)11-19(24)22-20-21-17-9-10-23(12-18(17)29-20)31(27,28)14(3)4/h5-8,13-14H,9-12H2,1-4H3,(H,21,22,24). The van der Waals surface area contributed by atoms with E-state index in [-0.39, 0.29) is 23.8 Å². The number of nitrogens with one attached hydrogen (secondary N) is 1. The molecule has 170 valence electrons. The van der Waals surface area contributed by atoms with Crippen molar-refractivity contribution in [3.8, 4) is 0 Å². The predicted molar refractivity (Wildman–Crippen MR) is 121 cm³/mol. The number of anilines is 1. The summed E-state index contributed by atoms with van der Waals surface area (Å²) in [5.74, 6) is -0.266. The van der Waals surface area contributed by atoms with Crippen molar-refractivity contribution in [3.05, 3.63) is 40.4 Å². The van der Waals surface area contributed by atoms with Crippen molar-refractivity contribution >= 4 is 42.2 Å². The van der Waals surface area contributed by atoms with E-state index >= 15 is 0 Å². The van der Waals surface area contributed by atoms with Crippen LogP contribution in [0.25, 0.3) is 0 Å². The second kappa shape index (κ2) is 8.97. The second-order valence-corrected chi connectivity index (χ2v) is 14.1. The molecular weight excluding hydrogens is 458 g/mol. The lowest BCUT2D eigenvalue weighted by molar-refractivity contribution is -0.115. The van der Waals surface area contributed by atoms with Gasteiger partial charge >= 0.3 is 0 Å². The van der Waals surface area contributed by atoms with Gasteiger partial charge in [-0.05, 0) is 45.4 Å². The first-order valence-electron chi connectivity index (χ1n) is 10.0. The molecule has 31 heavy (non-hydrogen) atoms. The molecule has 0 saturated heterocycles. The van der Waals surface area contributed by atoms with Gasteiger partial charge in [0.2, 0.25) is 15.9 Å². The van der Waals surface area contributed by atoms with Gasteiger partial charge in [0.25, 0.3) is 0 Å². The SMILES string of the molecule is CC(C)S(=O)(=O)c1ccc(CC(=O)Nc2nc3c(s2)CN(S(=O)(=O)C(C)C)CC3)cc1. The Balaban J connectivity index is 1.65. The van der Waals surface area contributed by atoms with Gasteiger partial charge in [-0.1, -0.05) is 12.1 Å². The van der Waals surface area contributed by atoms with Crippen LogP contribution in [0, 0.1) is 0 Å². The molecule has 1 N–H and O–H groups in total. The summed E-state index contributed by atoms with van der Waals surface area (Å²) in [6.45, 7) is 7.23. The zero-order valence-corrected chi connectivity index (χ0v) is 20.4. The van der Waals surface area contributed by atoms with Gasteiger partial charge in [-0.15, -0.1) is 11.3 Å². The fourth-order valence-electron chi connectivity index (χ4n) is 3.16. The number of rotatable bonds is 7. The molecule has 0 spiro atoms. The topological polar surface area (TPSA) is 114 Å². The van der Waals surface area contributed by atoms with Crippen molar-refractivity contribution in [1.82, 2.24) is 9.29 Å². The zero-order chi connectivity index (χ0) is 23.0. The van der Waals surface area contributed by atoms with Gasteiger partial charge in [0.05, 0.1) is 27.5 Å². The third-order valence-corrected chi connectivity index (χ3v) is 10.5. The number of hydrogen-bond donors (Lipinski definition) is 1. The summed E-state index contributed by atoms with van der Waals surface area (Å²) in [5.41, 5.74) is 1.51. The van der Waals surface area contributed by atoms with E-state index in [1.807, 2.05) is 0 Å². The highest BCUT2D eigenvalue weighted by Gasteiger charge is 2.31. The minimum Gasteiger partial charge on any atom is -0.302 e. The number of carbonyl (C=O) groups is 1. The summed E-state index contributed by atoms with van der Waals surface area (Å²) in [4.78, 5) is 18.0. The van der Waals surface area contributed by atoms with Crippen LogP contribution in [0.4, 0.5) is 5.13 Å². The van der Waals surface area contributed by atoms with E-state index in [4.69, 9.17) is 0 Å². The first-order valence-corrected chi connectivity index (χ1v) is 13.9. The van der Waals surface area contributed by atoms with Crippen LogP contribution in [-0.4, -0.2) is 49.1 Å². The molecule has 1 aromatic carbocycles. The largest absolute Gasteiger partial charge is 0.302 e. The van der Waals surface area contributed by atoms with Gasteiger partial charge in [0, 0.05) is 24.4 Å². The van der Waals surface area contributed by atoms with Crippen LogP contribution in [-0.2, 0) is 44.0 Å². The molecular formula is C20H27N3O5S3. The van der Waals surface area contributed by atoms with E-state index in [9.17, 15) is 21.6 Å². The number of benzene rings is 1. The van der Waals surface area contributed by atoms with Crippen molar-refractivity contribution in [1.29, 1.82) is 0 Å². The van der Waals surface area contributed by atoms with E-state index in [0.717, 1.165) is 10.6 Å². The Morgan fingerprint density at radius 3 is 2.32 bits per heavy atom. The third-order valence-electron chi connectivity index (χ3n) is 5.14. The summed E-state index contributed by atoms with van der Waals surface area (Å²) < 4.78 is 50.7. The van der Waals surface area contributed by atoms with Gasteiger partial charge < -0.3 is 5.32 Å². The number of fused-ring (bicyclic) bond motifs is 1. The molecule has 0 radical (unpaired) electrons. The van der Waals surface area contributed by atoms with Crippen LogP contribution in [0.15, 0.2) is 29.2 Å². The van der Waals surface area contributed by atoms with Crippen molar-refractivity contribution in [2.75, 3.05) is 11.9 Å². The minimum absolute atomic E-state index is 0.0834. The summed E-state index contributed by atoms with van der Waals surface area (Å²) in [6, 6.07) is 6.31. The molecule has 2 aromatic rings. The van der Waals surface area contributed by atoms with Gasteiger partial charge in [0.1, 0.15) is 0 Å². The molecule has 0 unspecified atom stereocenters. The molecule has 1 aliphatic rings. The first kappa shape index (κ1) is 23.8. The predicted octanol–water partition coefficient (Wildman–Crippen LogP) is 2.60. The maximum Gasteiger partial charge on any atom is 0.230 e. The molecule has 1 aliphatic heterocycles. The molecule has 0 saturated carbocycles. The monoisotopic (exact) mass is 485 g/mol. The Kier molecular flexibility index (Phi) is 6.90. The van der Waals surface area contributed by atoms with Crippen molar-refractivity contribution in [2.24, 2.45) is 0 Å². The Labute approximate surface area is 187 Å². The number of sulfonamides is 1. The molecule has 11 heteroatoms. The Bertz CT molecular complexity index is 1170. The van der Waals surface area contributed by atoms with E-state index < -0.39 is 30.4 Å². The molecule has 0 aliphatic carbocycles. The lowest BCUT2D eigenvalue weighted by atomic mass is 10.1. The Morgan fingerprint density at radius 1 is 1.10 bits per heavy atom. The number of nitrogens with zero attached hydrogens (tertiary/aromatic N) is 2. The minimum atomic E-state index is -3.35. The molecule has 1 aromatic heterocycles. The fraction of sp³-hybridized carbons (Fsp3) is 0.500. The van der Waals surface area contributed by atoms with Gasteiger partial charge in [-0.3, -0.25) is 4.79 Å². The van der Waals surface area contributed by atoms with E-state index in [1.54, 1.807) is 39.8 Å². The number of aromatic nitrogens is 1. The van der Waals surface area contributed by atoms with Gasteiger partial charge in [0.15, 0.2) is 15.0 Å². The van der Waals surface area contributed by atoms with Crippen LogP contribution in [0.1, 0.15) is 43.8 Å². The fourth-order valence-corrected chi connectivity index (χ4v) is 6.59.